The monoisotopic (exact) mass is 385 g/mol. The Balaban J connectivity index is 0.00000338. The predicted octanol–water partition coefficient (Wildman–Crippen LogP) is 1.49. The molecule has 1 aliphatic rings. The first-order chi connectivity index (χ1) is 11.9. The quantitative estimate of drug-likeness (QED) is 0.597. The highest BCUT2D eigenvalue weighted by atomic mass is 35.5. The number of amides is 2. The largest absolute Gasteiger partial charge is 0.493 e. The molecule has 2 amide bonds. The highest BCUT2D eigenvalue weighted by Crippen LogP contribution is 2.31. The molecule has 0 saturated heterocycles. The van der Waals surface area contributed by atoms with Crippen molar-refractivity contribution in [2.45, 2.75) is 38.8 Å². The molecule has 7 nitrogen and oxygen atoms in total. The van der Waals surface area contributed by atoms with Gasteiger partial charge in [-0.05, 0) is 50.8 Å². The standard InChI is InChI=1S/C18H27N3O4.ClH/c1-11(2)21-17(22)10-25-15-7-6-13(8-16(15)24-3)18(23)20-9-14(19)12-4-5-12;/h6-8,11-12,14H,4-5,9-10,19H2,1-3H3,(H,20,23)(H,21,22);1H. The summed E-state index contributed by atoms with van der Waals surface area (Å²) in [5.41, 5.74) is 6.45. The van der Waals surface area contributed by atoms with E-state index >= 15 is 0 Å². The molecule has 1 aromatic rings. The molecule has 0 radical (unpaired) electrons. The minimum atomic E-state index is -0.215. The second-order valence-electron chi connectivity index (χ2n) is 6.59. The van der Waals surface area contributed by atoms with E-state index in [9.17, 15) is 9.59 Å². The molecular weight excluding hydrogens is 358 g/mol. The van der Waals surface area contributed by atoms with E-state index in [2.05, 4.69) is 10.6 Å². The normalized spacial score (nSPS) is 14.2. The second kappa shape index (κ2) is 10.2. The van der Waals surface area contributed by atoms with E-state index in [-0.39, 0.29) is 42.9 Å². The third-order valence-electron chi connectivity index (χ3n) is 3.96. The van der Waals surface area contributed by atoms with Crippen LogP contribution in [0.15, 0.2) is 18.2 Å². The van der Waals surface area contributed by atoms with E-state index in [4.69, 9.17) is 15.2 Å². The number of hydrogen-bond donors (Lipinski definition) is 3. The van der Waals surface area contributed by atoms with Crippen LogP contribution >= 0.6 is 12.4 Å². The molecule has 8 heteroatoms. The van der Waals surface area contributed by atoms with Gasteiger partial charge < -0.3 is 25.8 Å². The highest BCUT2D eigenvalue weighted by molar-refractivity contribution is 5.95. The minimum Gasteiger partial charge on any atom is -0.493 e. The molecule has 1 saturated carbocycles. The van der Waals surface area contributed by atoms with Crippen LogP contribution < -0.4 is 25.8 Å². The number of carbonyl (C=O) groups is 2. The van der Waals surface area contributed by atoms with Crippen LogP contribution in [0.5, 0.6) is 11.5 Å². The van der Waals surface area contributed by atoms with Gasteiger partial charge >= 0.3 is 0 Å². The molecule has 0 aromatic heterocycles. The average Bonchev–Trinajstić information content (AvgIpc) is 3.41. The van der Waals surface area contributed by atoms with Gasteiger partial charge in [0.2, 0.25) is 0 Å². The van der Waals surface area contributed by atoms with E-state index in [1.165, 1.54) is 7.11 Å². The number of nitrogens with one attached hydrogen (secondary N) is 2. The van der Waals surface area contributed by atoms with Gasteiger partial charge in [0.25, 0.3) is 11.8 Å². The van der Waals surface area contributed by atoms with Crippen molar-refractivity contribution in [3.63, 3.8) is 0 Å². The molecule has 1 aromatic carbocycles. The van der Waals surface area contributed by atoms with Gasteiger partial charge in [-0.25, -0.2) is 0 Å². The first-order valence-electron chi connectivity index (χ1n) is 8.54. The fraction of sp³-hybridized carbons (Fsp3) is 0.556. The molecule has 1 aliphatic carbocycles. The summed E-state index contributed by atoms with van der Waals surface area (Å²) < 4.78 is 10.7. The Bertz CT molecular complexity index is 620. The van der Waals surface area contributed by atoms with Crippen molar-refractivity contribution < 1.29 is 19.1 Å². The lowest BCUT2D eigenvalue weighted by Crippen LogP contribution is -2.38. The summed E-state index contributed by atoms with van der Waals surface area (Å²) in [7, 11) is 1.49. The van der Waals surface area contributed by atoms with E-state index in [0.717, 1.165) is 12.8 Å². The summed E-state index contributed by atoms with van der Waals surface area (Å²) in [4.78, 5) is 23.9. The van der Waals surface area contributed by atoms with Gasteiger partial charge in [0, 0.05) is 24.2 Å². The van der Waals surface area contributed by atoms with Crippen molar-refractivity contribution in [3.05, 3.63) is 23.8 Å². The van der Waals surface area contributed by atoms with Gasteiger partial charge in [-0.3, -0.25) is 9.59 Å². The fourth-order valence-electron chi connectivity index (χ4n) is 2.44. The van der Waals surface area contributed by atoms with Crippen LogP contribution in [0.4, 0.5) is 0 Å². The third-order valence-corrected chi connectivity index (χ3v) is 3.96. The maximum absolute atomic E-state index is 12.2. The van der Waals surface area contributed by atoms with Crippen molar-refractivity contribution in [2.75, 3.05) is 20.3 Å². The molecule has 0 heterocycles. The van der Waals surface area contributed by atoms with Crippen LogP contribution in [-0.2, 0) is 4.79 Å². The Morgan fingerprint density at radius 1 is 1.27 bits per heavy atom. The molecule has 146 valence electrons. The Morgan fingerprint density at radius 3 is 2.54 bits per heavy atom. The average molecular weight is 386 g/mol. The Kier molecular flexibility index (Phi) is 8.68. The van der Waals surface area contributed by atoms with Gasteiger partial charge in [-0.1, -0.05) is 0 Å². The second-order valence-corrected chi connectivity index (χ2v) is 6.59. The van der Waals surface area contributed by atoms with Crippen molar-refractivity contribution in [1.82, 2.24) is 10.6 Å². The number of methoxy groups -OCH3 is 1. The summed E-state index contributed by atoms with van der Waals surface area (Å²) >= 11 is 0. The minimum absolute atomic E-state index is 0. The van der Waals surface area contributed by atoms with Gasteiger partial charge in [0.1, 0.15) is 0 Å². The maximum atomic E-state index is 12.2. The number of ether oxygens (including phenoxy) is 2. The van der Waals surface area contributed by atoms with Crippen LogP contribution in [0.2, 0.25) is 0 Å². The molecule has 4 N–H and O–H groups in total. The molecular formula is C18H28ClN3O4. The Morgan fingerprint density at radius 2 is 1.96 bits per heavy atom. The molecule has 0 aliphatic heterocycles. The Labute approximate surface area is 160 Å². The lowest BCUT2D eigenvalue weighted by Gasteiger charge is -2.14. The third kappa shape index (κ3) is 6.72. The Hall–Kier alpha value is -1.99. The number of rotatable bonds is 9. The van der Waals surface area contributed by atoms with E-state index in [1.54, 1.807) is 18.2 Å². The first kappa shape index (κ1) is 22.1. The molecule has 0 spiro atoms. The smallest absolute Gasteiger partial charge is 0.258 e. The number of nitrogens with two attached hydrogens (primary N) is 1. The molecule has 0 bridgehead atoms. The molecule has 1 fully saturated rings. The molecule has 26 heavy (non-hydrogen) atoms. The van der Waals surface area contributed by atoms with E-state index in [1.807, 2.05) is 13.8 Å². The van der Waals surface area contributed by atoms with E-state index < -0.39 is 0 Å². The van der Waals surface area contributed by atoms with Gasteiger partial charge in [-0.15, -0.1) is 12.4 Å². The van der Waals surface area contributed by atoms with Gasteiger partial charge in [0.15, 0.2) is 18.1 Å². The van der Waals surface area contributed by atoms with E-state index in [0.29, 0.717) is 29.5 Å². The summed E-state index contributed by atoms with van der Waals surface area (Å²) in [6.07, 6.45) is 2.28. The predicted molar refractivity (Wildman–Crippen MR) is 102 cm³/mol. The number of benzene rings is 1. The molecule has 1 unspecified atom stereocenters. The zero-order valence-electron chi connectivity index (χ0n) is 15.4. The van der Waals surface area contributed by atoms with Crippen molar-refractivity contribution in [1.29, 1.82) is 0 Å². The summed E-state index contributed by atoms with van der Waals surface area (Å²) in [5.74, 6) is 0.915. The lowest BCUT2D eigenvalue weighted by molar-refractivity contribution is -0.123. The number of carbonyl (C=O) groups excluding carboxylic acids is 2. The molecule has 1 atom stereocenters. The van der Waals surface area contributed by atoms with Gasteiger partial charge in [0.05, 0.1) is 7.11 Å². The van der Waals surface area contributed by atoms with Crippen molar-refractivity contribution >= 4 is 24.2 Å². The fourth-order valence-corrected chi connectivity index (χ4v) is 2.44. The number of halogens is 1. The summed E-state index contributed by atoms with van der Waals surface area (Å²) in [5, 5.41) is 5.58. The molecule has 2 rings (SSSR count). The van der Waals surface area contributed by atoms with Crippen LogP contribution in [0, 0.1) is 5.92 Å². The summed E-state index contributed by atoms with van der Waals surface area (Å²) in [6.45, 7) is 4.10. The zero-order chi connectivity index (χ0) is 18.4. The van der Waals surface area contributed by atoms with Crippen molar-refractivity contribution in [2.24, 2.45) is 11.7 Å². The zero-order valence-corrected chi connectivity index (χ0v) is 16.2. The van der Waals surface area contributed by atoms with Crippen LogP contribution in [0.3, 0.4) is 0 Å². The topological polar surface area (TPSA) is 103 Å². The maximum Gasteiger partial charge on any atom is 0.258 e. The lowest BCUT2D eigenvalue weighted by atomic mass is 10.1. The van der Waals surface area contributed by atoms with Crippen LogP contribution in [0.1, 0.15) is 37.0 Å². The SMILES string of the molecule is COc1cc(C(=O)NCC(N)C2CC2)ccc1OCC(=O)NC(C)C.Cl. The number of hydrogen-bond acceptors (Lipinski definition) is 5. The van der Waals surface area contributed by atoms with Crippen LogP contribution in [0.25, 0.3) is 0 Å². The van der Waals surface area contributed by atoms with Crippen molar-refractivity contribution in [3.8, 4) is 11.5 Å². The highest BCUT2D eigenvalue weighted by Gasteiger charge is 2.28. The first-order valence-corrected chi connectivity index (χ1v) is 8.54. The van der Waals surface area contributed by atoms with Crippen LogP contribution in [-0.4, -0.2) is 44.2 Å². The van der Waals surface area contributed by atoms with Gasteiger partial charge in [-0.2, -0.15) is 0 Å². The summed E-state index contributed by atoms with van der Waals surface area (Å²) in [6, 6.07) is 4.90.